The third-order valence-corrected chi connectivity index (χ3v) is 4.68. The van der Waals surface area contributed by atoms with E-state index in [1.165, 1.54) is 18.2 Å². The molecule has 0 heterocycles. The second kappa shape index (κ2) is 7.68. The zero-order valence-electron chi connectivity index (χ0n) is 10.5. The molecule has 0 aliphatic rings. The zero-order valence-corrected chi connectivity index (χ0v) is 12.8. The number of hydrogen-bond acceptors (Lipinski definition) is 4. The summed E-state index contributed by atoms with van der Waals surface area (Å²) in [5.74, 6) is 0.123. The molecule has 0 radical (unpaired) electrons. The minimum Gasteiger partial charge on any atom is -0.409 e. The van der Waals surface area contributed by atoms with Gasteiger partial charge in [-0.25, -0.2) is 13.1 Å². The molecule has 1 aromatic carbocycles. The molecule has 6 nitrogen and oxygen atoms in total. The van der Waals surface area contributed by atoms with Gasteiger partial charge >= 0.3 is 0 Å². The molecular formula is C11H15Cl2N3O3S. The van der Waals surface area contributed by atoms with Crippen LogP contribution in [0, 0.1) is 0 Å². The van der Waals surface area contributed by atoms with Gasteiger partial charge in [-0.3, -0.25) is 0 Å². The Bertz CT molecular complexity index is 591. The van der Waals surface area contributed by atoms with Crippen molar-refractivity contribution < 1.29 is 13.6 Å². The van der Waals surface area contributed by atoms with Gasteiger partial charge < -0.3 is 10.9 Å². The monoisotopic (exact) mass is 339 g/mol. The van der Waals surface area contributed by atoms with Crippen LogP contribution < -0.4 is 10.5 Å². The fourth-order valence-electron chi connectivity index (χ4n) is 1.41. The molecule has 0 aromatic heterocycles. The predicted molar refractivity (Wildman–Crippen MR) is 78.9 cm³/mol. The lowest BCUT2D eigenvalue weighted by molar-refractivity contribution is 0.316. The average molecular weight is 340 g/mol. The van der Waals surface area contributed by atoms with E-state index < -0.39 is 10.0 Å². The first-order valence-electron chi connectivity index (χ1n) is 5.78. The van der Waals surface area contributed by atoms with Crippen LogP contribution in [0.4, 0.5) is 0 Å². The first-order valence-corrected chi connectivity index (χ1v) is 8.02. The van der Waals surface area contributed by atoms with Crippen molar-refractivity contribution in [2.45, 2.75) is 24.2 Å². The van der Waals surface area contributed by atoms with Crippen LogP contribution in [0.5, 0.6) is 0 Å². The smallest absolute Gasteiger partial charge is 0.240 e. The summed E-state index contributed by atoms with van der Waals surface area (Å²) in [6, 6.07) is 4.10. The average Bonchev–Trinajstić information content (AvgIpc) is 2.40. The van der Waals surface area contributed by atoms with E-state index in [9.17, 15) is 8.42 Å². The molecule has 4 N–H and O–H groups in total. The molecule has 0 amide bonds. The van der Waals surface area contributed by atoms with Gasteiger partial charge in [-0.05, 0) is 31.0 Å². The number of rotatable bonds is 7. The quantitative estimate of drug-likeness (QED) is 0.233. The summed E-state index contributed by atoms with van der Waals surface area (Å²) in [7, 11) is -3.61. The zero-order chi connectivity index (χ0) is 15.2. The molecule has 112 valence electrons. The molecule has 9 heteroatoms. The highest BCUT2D eigenvalue weighted by Crippen LogP contribution is 2.24. The van der Waals surface area contributed by atoms with Gasteiger partial charge in [0.2, 0.25) is 10.0 Å². The third-order valence-electron chi connectivity index (χ3n) is 2.48. The van der Waals surface area contributed by atoms with Crippen molar-refractivity contribution in [1.82, 2.24) is 4.72 Å². The summed E-state index contributed by atoms with van der Waals surface area (Å²) in [5, 5.41) is 11.7. The molecule has 1 rings (SSSR count). The van der Waals surface area contributed by atoms with Crippen LogP contribution >= 0.6 is 23.2 Å². The Morgan fingerprint density at radius 1 is 1.30 bits per heavy atom. The number of sulfonamides is 1. The van der Waals surface area contributed by atoms with Crippen LogP contribution in [0.15, 0.2) is 28.3 Å². The first-order chi connectivity index (χ1) is 9.36. The highest BCUT2D eigenvalue weighted by molar-refractivity contribution is 7.89. The highest BCUT2D eigenvalue weighted by Gasteiger charge is 2.14. The number of nitrogens with one attached hydrogen (secondary N) is 1. The molecule has 0 unspecified atom stereocenters. The van der Waals surface area contributed by atoms with Gasteiger partial charge in [-0.2, -0.15) is 0 Å². The van der Waals surface area contributed by atoms with E-state index in [0.717, 1.165) is 0 Å². The van der Waals surface area contributed by atoms with Crippen LogP contribution in [0.3, 0.4) is 0 Å². The number of hydrogen-bond donors (Lipinski definition) is 3. The summed E-state index contributed by atoms with van der Waals surface area (Å²) in [5.41, 5.74) is 5.30. The molecular weight excluding hydrogens is 325 g/mol. The Morgan fingerprint density at radius 3 is 2.60 bits per heavy atom. The Hall–Kier alpha value is -1.02. The lowest BCUT2D eigenvalue weighted by atomic mass is 10.2. The van der Waals surface area contributed by atoms with Gasteiger partial charge in [0.05, 0.1) is 14.9 Å². The van der Waals surface area contributed by atoms with E-state index in [1.807, 2.05) is 0 Å². The van der Waals surface area contributed by atoms with Crippen LogP contribution in [0.1, 0.15) is 19.3 Å². The number of unbranched alkanes of at least 4 members (excludes halogenated alkanes) is 1. The van der Waals surface area contributed by atoms with Crippen LogP contribution in [0.2, 0.25) is 10.0 Å². The number of nitrogens with two attached hydrogens (primary N) is 1. The van der Waals surface area contributed by atoms with Crippen molar-refractivity contribution in [3.63, 3.8) is 0 Å². The SMILES string of the molecule is NC(CCCCNS(=O)(=O)c1ccc(Cl)c(Cl)c1)=NO. The van der Waals surface area contributed by atoms with Gasteiger partial charge in [-0.15, -0.1) is 0 Å². The van der Waals surface area contributed by atoms with E-state index in [0.29, 0.717) is 24.3 Å². The Balaban J connectivity index is 2.51. The van der Waals surface area contributed by atoms with Crippen molar-refractivity contribution in [2.24, 2.45) is 10.9 Å². The van der Waals surface area contributed by atoms with E-state index in [1.54, 1.807) is 0 Å². The van der Waals surface area contributed by atoms with Gasteiger partial charge in [0.1, 0.15) is 5.84 Å². The van der Waals surface area contributed by atoms with Crippen molar-refractivity contribution in [3.05, 3.63) is 28.2 Å². The number of benzene rings is 1. The van der Waals surface area contributed by atoms with Crippen molar-refractivity contribution in [3.8, 4) is 0 Å². The topological polar surface area (TPSA) is 105 Å². The largest absolute Gasteiger partial charge is 0.409 e. The molecule has 20 heavy (non-hydrogen) atoms. The van der Waals surface area contributed by atoms with Crippen LogP contribution in [0.25, 0.3) is 0 Å². The Kier molecular flexibility index (Phi) is 6.54. The standard InChI is InChI=1S/C11H15Cl2N3O3S/c12-9-5-4-8(7-10(9)13)20(18,19)15-6-2-1-3-11(14)16-17/h4-5,7,15,17H,1-3,6H2,(H2,14,16). The van der Waals surface area contributed by atoms with Crippen molar-refractivity contribution >= 4 is 39.1 Å². The van der Waals surface area contributed by atoms with E-state index >= 15 is 0 Å². The van der Waals surface area contributed by atoms with Crippen molar-refractivity contribution in [2.75, 3.05) is 6.54 Å². The van der Waals surface area contributed by atoms with Crippen molar-refractivity contribution in [1.29, 1.82) is 0 Å². The molecule has 0 fully saturated rings. The highest BCUT2D eigenvalue weighted by atomic mass is 35.5. The molecule has 0 saturated heterocycles. The number of nitrogens with zero attached hydrogens (tertiary/aromatic N) is 1. The van der Waals surface area contributed by atoms with Gasteiger partial charge in [0.15, 0.2) is 0 Å². The normalized spacial score (nSPS) is 12.6. The van der Waals surface area contributed by atoms with Gasteiger partial charge in [0.25, 0.3) is 0 Å². The molecule has 0 aliphatic carbocycles. The molecule has 0 saturated carbocycles. The van der Waals surface area contributed by atoms with E-state index in [4.69, 9.17) is 34.1 Å². The number of halogens is 2. The summed E-state index contributed by atoms with van der Waals surface area (Å²) < 4.78 is 26.3. The minimum atomic E-state index is -3.61. The maximum atomic E-state index is 11.9. The van der Waals surface area contributed by atoms with E-state index in [-0.39, 0.29) is 22.3 Å². The second-order valence-electron chi connectivity index (χ2n) is 4.02. The fourth-order valence-corrected chi connectivity index (χ4v) is 2.88. The predicted octanol–water partition coefficient (Wildman–Crippen LogP) is 2.19. The first kappa shape index (κ1) is 17.0. The lowest BCUT2D eigenvalue weighted by Crippen LogP contribution is -2.25. The maximum Gasteiger partial charge on any atom is 0.240 e. The minimum absolute atomic E-state index is 0.0586. The van der Waals surface area contributed by atoms with Crippen LogP contribution in [-0.4, -0.2) is 26.0 Å². The molecule has 0 bridgehead atoms. The lowest BCUT2D eigenvalue weighted by Gasteiger charge is -2.07. The Labute approximate surface area is 127 Å². The molecule has 1 aromatic rings. The third kappa shape index (κ3) is 5.16. The molecule has 0 atom stereocenters. The summed E-state index contributed by atoms with van der Waals surface area (Å²) in [6.07, 6.45) is 1.58. The summed E-state index contributed by atoms with van der Waals surface area (Å²) in [4.78, 5) is 0.0586. The van der Waals surface area contributed by atoms with Crippen LogP contribution in [-0.2, 0) is 10.0 Å². The van der Waals surface area contributed by atoms with E-state index in [2.05, 4.69) is 9.88 Å². The fraction of sp³-hybridized carbons (Fsp3) is 0.364. The molecule has 0 spiro atoms. The summed E-state index contributed by atoms with van der Waals surface area (Å²) >= 11 is 11.5. The maximum absolute atomic E-state index is 11.9. The van der Waals surface area contributed by atoms with Gasteiger partial charge in [-0.1, -0.05) is 28.4 Å². The number of oxime groups is 1. The number of amidine groups is 1. The summed E-state index contributed by atoms with van der Waals surface area (Å²) in [6.45, 7) is 0.251. The molecule has 0 aliphatic heterocycles. The van der Waals surface area contributed by atoms with Gasteiger partial charge in [0, 0.05) is 13.0 Å². The second-order valence-corrected chi connectivity index (χ2v) is 6.60. The Morgan fingerprint density at radius 2 is 2.00 bits per heavy atom.